The van der Waals surface area contributed by atoms with E-state index >= 15 is 0 Å². The molecular formula is C12H12N2. The van der Waals surface area contributed by atoms with Crippen molar-refractivity contribution >= 4 is 16.5 Å². The Hall–Kier alpha value is -1.54. The zero-order valence-corrected chi connectivity index (χ0v) is 7.83. The molecule has 0 radical (unpaired) electrons. The van der Waals surface area contributed by atoms with Crippen LogP contribution in [0, 0.1) is 0 Å². The lowest BCUT2D eigenvalue weighted by Crippen LogP contribution is -2.07. The first-order chi connectivity index (χ1) is 6.77. The molecule has 1 atom stereocenters. The number of benzene rings is 2. The first kappa shape index (κ1) is 7.83. The van der Waals surface area contributed by atoms with Crippen molar-refractivity contribution in [2.24, 2.45) is 5.73 Å². The molecule has 0 aliphatic heterocycles. The molecule has 4 N–H and O–H groups in total. The van der Waals surface area contributed by atoms with Gasteiger partial charge in [-0.2, -0.15) is 0 Å². The third kappa shape index (κ3) is 0.836. The van der Waals surface area contributed by atoms with Crippen LogP contribution >= 0.6 is 0 Å². The molecule has 0 heterocycles. The molecule has 1 aliphatic rings. The standard InChI is InChI=1S/C12H12N2/c13-10-5-4-9-11(14)6-7-2-1-3-8(10)12(7)9/h1-5,11H,6,13-14H2. The van der Waals surface area contributed by atoms with Gasteiger partial charge in [0, 0.05) is 17.1 Å². The molecular weight excluding hydrogens is 172 g/mol. The minimum absolute atomic E-state index is 0.149. The third-order valence-corrected chi connectivity index (χ3v) is 3.03. The minimum atomic E-state index is 0.149. The van der Waals surface area contributed by atoms with Crippen LogP contribution in [0.25, 0.3) is 10.8 Å². The van der Waals surface area contributed by atoms with Crippen molar-refractivity contribution in [1.29, 1.82) is 0 Å². The lowest BCUT2D eigenvalue weighted by molar-refractivity contribution is 0.757. The molecule has 0 aromatic heterocycles. The fraction of sp³-hybridized carbons (Fsp3) is 0.167. The highest BCUT2D eigenvalue weighted by Crippen LogP contribution is 2.37. The second-order valence-corrected chi connectivity index (χ2v) is 3.89. The Bertz CT molecular complexity index is 517. The lowest BCUT2D eigenvalue weighted by atomic mass is 10.0. The first-order valence-corrected chi connectivity index (χ1v) is 4.83. The average molecular weight is 184 g/mol. The number of anilines is 1. The molecule has 0 fully saturated rings. The average Bonchev–Trinajstić information content (AvgIpc) is 2.50. The molecule has 1 unspecified atom stereocenters. The SMILES string of the molecule is Nc1ccc2c3c(cccc13)CC2N. The van der Waals surface area contributed by atoms with E-state index in [-0.39, 0.29) is 6.04 Å². The highest BCUT2D eigenvalue weighted by Gasteiger charge is 2.21. The van der Waals surface area contributed by atoms with Gasteiger partial charge in [-0.1, -0.05) is 24.3 Å². The van der Waals surface area contributed by atoms with Gasteiger partial charge in [-0.3, -0.25) is 0 Å². The van der Waals surface area contributed by atoms with Crippen molar-refractivity contribution in [2.45, 2.75) is 12.5 Å². The summed E-state index contributed by atoms with van der Waals surface area (Å²) in [6.45, 7) is 0. The molecule has 1 aliphatic carbocycles. The van der Waals surface area contributed by atoms with Crippen LogP contribution in [0.4, 0.5) is 5.69 Å². The predicted octanol–water partition coefficient (Wildman–Crippen LogP) is 1.98. The molecule has 0 saturated carbocycles. The monoisotopic (exact) mass is 184 g/mol. The Labute approximate surface area is 82.5 Å². The summed E-state index contributed by atoms with van der Waals surface area (Å²) in [6.07, 6.45) is 0.941. The summed E-state index contributed by atoms with van der Waals surface area (Å²) in [4.78, 5) is 0. The molecule has 0 amide bonds. The maximum Gasteiger partial charge on any atom is 0.0394 e. The molecule has 0 bridgehead atoms. The van der Waals surface area contributed by atoms with Gasteiger partial charge < -0.3 is 11.5 Å². The van der Waals surface area contributed by atoms with Crippen LogP contribution in [0.15, 0.2) is 30.3 Å². The van der Waals surface area contributed by atoms with Gasteiger partial charge in [-0.05, 0) is 29.0 Å². The van der Waals surface area contributed by atoms with Gasteiger partial charge in [0.2, 0.25) is 0 Å². The summed E-state index contributed by atoms with van der Waals surface area (Å²) < 4.78 is 0. The second kappa shape index (κ2) is 2.49. The van der Waals surface area contributed by atoms with Crippen molar-refractivity contribution in [2.75, 3.05) is 5.73 Å². The quantitative estimate of drug-likeness (QED) is 0.615. The van der Waals surface area contributed by atoms with Crippen LogP contribution < -0.4 is 11.5 Å². The Kier molecular flexibility index (Phi) is 1.39. The Morgan fingerprint density at radius 3 is 2.86 bits per heavy atom. The maximum absolute atomic E-state index is 6.05. The minimum Gasteiger partial charge on any atom is -0.398 e. The largest absolute Gasteiger partial charge is 0.398 e. The van der Waals surface area contributed by atoms with Crippen LogP contribution in [0.1, 0.15) is 17.2 Å². The van der Waals surface area contributed by atoms with Gasteiger partial charge in [-0.15, -0.1) is 0 Å². The summed E-state index contributed by atoms with van der Waals surface area (Å²) in [5.74, 6) is 0. The molecule has 70 valence electrons. The maximum atomic E-state index is 6.05. The van der Waals surface area contributed by atoms with Crippen LogP contribution in [0.2, 0.25) is 0 Å². The predicted molar refractivity (Wildman–Crippen MR) is 59.0 cm³/mol. The Morgan fingerprint density at radius 1 is 1.14 bits per heavy atom. The normalized spacial score (nSPS) is 19.1. The van der Waals surface area contributed by atoms with E-state index in [0.29, 0.717) is 0 Å². The topological polar surface area (TPSA) is 52.0 Å². The molecule has 3 rings (SSSR count). The van der Waals surface area contributed by atoms with Crippen LogP contribution in [0.3, 0.4) is 0 Å². The van der Waals surface area contributed by atoms with Crippen molar-refractivity contribution in [1.82, 2.24) is 0 Å². The van der Waals surface area contributed by atoms with E-state index in [2.05, 4.69) is 24.3 Å². The van der Waals surface area contributed by atoms with Crippen molar-refractivity contribution < 1.29 is 0 Å². The number of hydrogen-bond acceptors (Lipinski definition) is 2. The number of nitrogen functional groups attached to an aromatic ring is 1. The zero-order chi connectivity index (χ0) is 9.71. The van der Waals surface area contributed by atoms with Gasteiger partial charge >= 0.3 is 0 Å². The van der Waals surface area contributed by atoms with Crippen molar-refractivity contribution in [3.05, 3.63) is 41.5 Å². The molecule has 0 spiro atoms. The molecule has 0 saturated heterocycles. The van der Waals surface area contributed by atoms with Crippen molar-refractivity contribution in [3.63, 3.8) is 0 Å². The summed E-state index contributed by atoms with van der Waals surface area (Å²) in [6, 6.07) is 10.4. The van der Waals surface area contributed by atoms with E-state index < -0.39 is 0 Å². The molecule has 2 heteroatoms. The highest BCUT2D eigenvalue weighted by molar-refractivity contribution is 5.99. The third-order valence-electron chi connectivity index (χ3n) is 3.03. The fourth-order valence-corrected chi connectivity index (χ4v) is 2.36. The van der Waals surface area contributed by atoms with Crippen molar-refractivity contribution in [3.8, 4) is 0 Å². The Balaban J connectivity index is 2.52. The summed E-state index contributed by atoms with van der Waals surface area (Å²) in [7, 11) is 0. The number of rotatable bonds is 0. The van der Waals surface area contributed by atoms with Gasteiger partial charge in [0.15, 0.2) is 0 Å². The Morgan fingerprint density at radius 2 is 2.00 bits per heavy atom. The molecule has 14 heavy (non-hydrogen) atoms. The summed E-state index contributed by atoms with van der Waals surface area (Å²) in [5, 5.41) is 2.42. The van der Waals surface area contributed by atoms with E-state index in [9.17, 15) is 0 Å². The molecule has 2 aromatic carbocycles. The highest BCUT2D eigenvalue weighted by atomic mass is 14.7. The molecule has 2 nitrogen and oxygen atoms in total. The van der Waals surface area contributed by atoms with Crippen LogP contribution in [0.5, 0.6) is 0 Å². The smallest absolute Gasteiger partial charge is 0.0394 e. The fourth-order valence-electron chi connectivity index (χ4n) is 2.36. The van der Waals surface area contributed by atoms with E-state index in [1.807, 2.05) is 6.07 Å². The first-order valence-electron chi connectivity index (χ1n) is 4.83. The number of hydrogen-bond donors (Lipinski definition) is 2. The second-order valence-electron chi connectivity index (χ2n) is 3.89. The zero-order valence-electron chi connectivity index (χ0n) is 7.83. The summed E-state index contributed by atoms with van der Waals surface area (Å²) in [5.41, 5.74) is 15.4. The van der Waals surface area contributed by atoms with Gasteiger partial charge in [0.1, 0.15) is 0 Å². The van der Waals surface area contributed by atoms with E-state index in [0.717, 1.165) is 17.5 Å². The molecule has 2 aromatic rings. The van der Waals surface area contributed by atoms with Crippen LogP contribution in [-0.2, 0) is 6.42 Å². The lowest BCUT2D eigenvalue weighted by Gasteiger charge is -2.06. The van der Waals surface area contributed by atoms with Gasteiger partial charge in [0.25, 0.3) is 0 Å². The van der Waals surface area contributed by atoms with Gasteiger partial charge in [0.05, 0.1) is 0 Å². The van der Waals surface area contributed by atoms with E-state index in [1.54, 1.807) is 0 Å². The number of nitrogens with two attached hydrogens (primary N) is 2. The summed E-state index contributed by atoms with van der Waals surface area (Å²) >= 11 is 0. The van der Waals surface area contributed by atoms with Gasteiger partial charge in [-0.25, -0.2) is 0 Å². The van der Waals surface area contributed by atoms with Crippen LogP contribution in [-0.4, -0.2) is 0 Å². The van der Waals surface area contributed by atoms with E-state index in [1.165, 1.54) is 16.5 Å². The van der Waals surface area contributed by atoms with E-state index in [4.69, 9.17) is 11.5 Å².